The molecule has 0 spiro atoms. The number of unbranched alkanes of at least 4 members (excludes halogenated alkanes) is 1. The zero-order valence-electron chi connectivity index (χ0n) is 9.63. The molecule has 0 bridgehead atoms. The lowest BCUT2D eigenvalue weighted by atomic mass is 9.89. The number of aromatic amines is 1. The average Bonchev–Trinajstić information content (AvgIpc) is 2.76. The highest BCUT2D eigenvalue weighted by Crippen LogP contribution is 2.30. The summed E-state index contributed by atoms with van der Waals surface area (Å²) in [6.45, 7) is 2.21. The van der Waals surface area contributed by atoms with E-state index in [1.54, 1.807) is 0 Å². The lowest BCUT2D eigenvalue weighted by Crippen LogP contribution is -2.06. The summed E-state index contributed by atoms with van der Waals surface area (Å²) in [6.07, 6.45) is 10.1. The van der Waals surface area contributed by atoms with Gasteiger partial charge in [0, 0.05) is 12.3 Å². The van der Waals surface area contributed by atoms with Gasteiger partial charge in [-0.3, -0.25) is 5.10 Å². The summed E-state index contributed by atoms with van der Waals surface area (Å²) < 4.78 is 0. The molecule has 0 aliphatic heterocycles. The predicted molar refractivity (Wildman–Crippen MR) is 60.8 cm³/mol. The third-order valence-electron chi connectivity index (χ3n) is 3.29. The van der Waals surface area contributed by atoms with Gasteiger partial charge in [-0.05, 0) is 19.3 Å². The molecular formula is C12H21N3. The van der Waals surface area contributed by atoms with Crippen LogP contribution in [0, 0.1) is 0 Å². The monoisotopic (exact) mass is 207 g/mol. The van der Waals surface area contributed by atoms with Crippen LogP contribution in [0.3, 0.4) is 0 Å². The lowest BCUT2D eigenvalue weighted by molar-refractivity contribution is 0.429. The van der Waals surface area contributed by atoms with Crippen molar-refractivity contribution in [2.24, 2.45) is 0 Å². The normalized spacial score (nSPS) is 18.2. The zero-order valence-corrected chi connectivity index (χ0v) is 9.63. The van der Waals surface area contributed by atoms with E-state index in [1.165, 1.54) is 44.9 Å². The fraction of sp³-hybridized carbons (Fsp3) is 0.833. The number of aryl methyl sites for hydroxylation is 1. The molecular weight excluding hydrogens is 186 g/mol. The molecule has 1 aliphatic rings. The molecule has 0 saturated heterocycles. The number of nitrogens with zero attached hydrogens (tertiary/aromatic N) is 2. The maximum Gasteiger partial charge on any atom is 0.153 e. The summed E-state index contributed by atoms with van der Waals surface area (Å²) in [4.78, 5) is 4.60. The standard InChI is InChI=1S/C12H21N3/c1-2-3-9-11-13-12(15-14-11)10-7-5-4-6-8-10/h10H,2-9H2,1H3,(H,13,14,15). The van der Waals surface area contributed by atoms with Gasteiger partial charge < -0.3 is 0 Å². The average molecular weight is 207 g/mol. The van der Waals surface area contributed by atoms with E-state index in [2.05, 4.69) is 22.1 Å². The summed E-state index contributed by atoms with van der Waals surface area (Å²) in [7, 11) is 0. The molecule has 0 amide bonds. The molecule has 15 heavy (non-hydrogen) atoms. The molecule has 0 radical (unpaired) electrons. The van der Waals surface area contributed by atoms with Gasteiger partial charge in [0.25, 0.3) is 0 Å². The Labute approximate surface area is 91.7 Å². The van der Waals surface area contributed by atoms with E-state index < -0.39 is 0 Å². The molecule has 0 aromatic carbocycles. The molecule has 1 N–H and O–H groups in total. The molecule has 0 unspecified atom stereocenters. The summed E-state index contributed by atoms with van der Waals surface area (Å²) in [5, 5.41) is 7.43. The Balaban J connectivity index is 1.93. The van der Waals surface area contributed by atoms with Crippen molar-refractivity contribution in [1.82, 2.24) is 15.2 Å². The van der Waals surface area contributed by atoms with E-state index in [4.69, 9.17) is 0 Å². The number of hydrogen-bond donors (Lipinski definition) is 1. The first-order valence-corrected chi connectivity index (χ1v) is 6.31. The first kappa shape index (κ1) is 10.7. The van der Waals surface area contributed by atoms with E-state index in [9.17, 15) is 0 Å². The highest BCUT2D eigenvalue weighted by atomic mass is 15.2. The molecule has 0 atom stereocenters. The van der Waals surface area contributed by atoms with Crippen molar-refractivity contribution in [2.75, 3.05) is 0 Å². The van der Waals surface area contributed by atoms with Crippen LogP contribution < -0.4 is 0 Å². The van der Waals surface area contributed by atoms with Crippen LogP contribution in [0.1, 0.15) is 69.4 Å². The largest absolute Gasteiger partial charge is 0.263 e. The predicted octanol–water partition coefficient (Wildman–Crippen LogP) is 3.20. The number of rotatable bonds is 4. The van der Waals surface area contributed by atoms with E-state index in [-0.39, 0.29) is 0 Å². The van der Waals surface area contributed by atoms with Crippen molar-refractivity contribution in [2.45, 2.75) is 64.2 Å². The van der Waals surface area contributed by atoms with Crippen LogP contribution in [-0.4, -0.2) is 15.2 Å². The maximum absolute atomic E-state index is 4.60. The Morgan fingerprint density at radius 2 is 2.07 bits per heavy atom. The topological polar surface area (TPSA) is 41.6 Å². The van der Waals surface area contributed by atoms with Gasteiger partial charge >= 0.3 is 0 Å². The third-order valence-corrected chi connectivity index (χ3v) is 3.29. The Hall–Kier alpha value is -0.860. The van der Waals surface area contributed by atoms with Crippen molar-refractivity contribution in [3.8, 4) is 0 Å². The number of nitrogens with one attached hydrogen (secondary N) is 1. The molecule has 3 nitrogen and oxygen atoms in total. The van der Waals surface area contributed by atoms with Crippen LogP contribution in [-0.2, 0) is 6.42 Å². The van der Waals surface area contributed by atoms with Crippen LogP contribution in [0.15, 0.2) is 0 Å². The van der Waals surface area contributed by atoms with E-state index in [0.717, 1.165) is 18.1 Å². The van der Waals surface area contributed by atoms with Gasteiger partial charge in [-0.1, -0.05) is 32.6 Å². The van der Waals surface area contributed by atoms with E-state index >= 15 is 0 Å². The van der Waals surface area contributed by atoms with Crippen LogP contribution in [0.5, 0.6) is 0 Å². The quantitative estimate of drug-likeness (QED) is 0.823. The molecule has 1 saturated carbocycles. The van der Waals surface area contributed by atoms with Gasteiger partial charge in [-0.25, -0.2) is 4.98 Å². The van der Waals surface area contributed by atoms with Crippen molar-refractivity contribution < 1.29 is 0 Å². The molecule has 1 aromatic rings. The number of hydrogen-bond acceptors (Lipinski definition) is 2. The Bertz CT molecular complexity index is 287. The van der Waals surface area contributed by atoms with Gasteiger partial charge in [-0.15, -0.1) is 0 Å². The minimum absolute atomic E-state index is 0.630. The summed E-state index contributed by atoms with van der Waals surface area (Å²) >= 11 is 0. The molecule has 1 heterocycles. The fourth-order valence-electron chi connectivity index (χ4n) is 2.31. The molecule has 3 heteroatoms. The van der Waals surface area contributed by atoms with Crippen LogP contribution in [0.2, 0.25) is 0 Å². The van der Waals surface area contributed by atoms with Gasteiger partial charge in [0.05, 0.1) is 0 Å². The zero-order chi connectivity index (χ0) is 10.5. The van der Waals surface area contributed by atoms with Gasteiger partial charge in [0.15, 0.2) is 5.82 Å². The minimum atomic E-state index is 0.630. The second-order valence-corrected chi connectivity index (χ2v) is 4.58. The molecule has 2 rings (SSSR count). The van der Waals surface area contributed by atoms with Gasteiger partial charge in [0.1, 0.15) is 5.82 Å². The highest BCUT2D eigenvalue weighted by Gasteiger charge is 2.19. The molecule has 1 aromatic heterocycles. The van der Waals surface area contributed by atoms with Gasteiger partial charge in [0.2, 0.25) is 0 Å². The Morgan fingerprint density at radius 1 is 1.27 bits per heavy atom. The van der Waals surface area contributed by atoms with Gasteiger partial charge in [-0.2, -0.15) is 5.10 Å². The molecule has 1 aliphatic carbocycles. The second-order valence-electron chi connectivity index (χ2n) is 4.58. The second kappa shape index (κ2) is 5.29. The van der Waals surface area contributed by atoms with Crippen LogP contribution in [0.25, 0.3) is 0 Å². The number of aromatic nitrogens is 3. The molecule has 1 fully saturated rings. The summed E-state index contributed by atoms with van der Waals surface area (Å²) in [5.41, 5.74) is 0. The van der Waals surface area contributed by atoms with Crippen molar-refractivity contribution in [3.63, 3.8) is 0 Å². The SMILES string of the molecule is CCCCc1nc(C2CCCCC2)n[nH]1. The number of H-pyrrole nitrogens is 1. The first-order valence-electron chi connectivity index (χ1n) is 6.31. The van der Waals surface area contributed by atoms with Crippen molar-refractivity contribution in [3.05, 3.63) is 11.6 Å². The van der Waals surface area contributed by atoms with Crippen LogP contribution in [0.4, 0.5) is 0 Å². The fourth-order valence-corrected chi connectivity index (χ4v) is 2.31. The minimum Gasteiger partial charge on any atom is -0.263 e. The highest BCUT2D eigenvalue weighted by molar-refractivity contribution is 4.99. The lowest BCUT2D eigenvalue weighted by Gasteiger charge is -2.17. The first-order chi connectivity index (χ1) is 7.40. The van der Waals surface area contributed by atoms with E-state index in [0.29, 0.717) is 5.92 Å². The maximum atomic E-state index is 4.60. The summed E-state index contributed by atoms with van der Waals surface area (Å²) in [6, 6.07) is 0. The smallest absolute Gasteiger partial charge is 0.153 e. The van der Waals surface area contributed by atoms with E-state index in [1.807, 2.05) is 0 Å². The molecule has 84 valence electrons. The third kappa shape index (κ3) is 2.80. The summed E-state index contributed by atoms with van der Waals surface area (Å²) in [5.74, 6) is 2.78. The van der Waals surface area contributed by atoms with Crippen molar-refractivity contribution in [1.29, 1.82) is 0 Å². The van der Waals surface area contributed by atoms with Crippen LogP contribution >= 0.6 is 0 Å². The Morgan fingerprint density at radius 3 is 2.80 bits per heavy atom. The Kier molecular flexibility index (Phi) is 3.75. The van der Waals surface area contributed by atoms with Crippen molar-refractivity contribution >= 4 is 0 Å².